The van der Waals surface area contributed by atoms with E-state index in [1.165, 1.54) is 44.2 Å². The van der Waals surface area contributed by atoms with E-state index in [1.54, 1.807) is 6.07 Å². The van der Waals surface area contributed by atoms with Crippen molar-refractivity contribution in [3.63, 3.8) is 0 Å². The number of hydrogen-bond donors (Lipinski definition) is 0. The molecule has 0 N–H and O–H groups in total. The zero-order chi connectivity index (χ0) is 13.2. The Morgan fingerprint density at radius 3 is 2.74 bits per heavy atom. The van der Waals surface area contributed by atoms with Crippen molar-refractivity contribution in [3.8, 4) is 0 Å². The summed E-state index contributed by atoms with van der Waals surface area (Å²) >= 11 is 0. The van der Waals surface area contributed by atoms with Crippen molar-refractivity contribution in [2.45, 2.75) is 32.1 Å². The van der Waals surface area contributed by atoms with Crippen LogP contribution in [-0.2, 0) is 0 Å². The molecular weight excluding hydrogens is 241 g/mol. The van der Waals surface area contributed by atoms with Gasteiger partial charge < -0.3 is 4.90 Å². The van der Waals surface area contributed by atoms with Crippen LogP contribution in [0.1, 0.15) is 42.5 Å². The minimum absolute atomic E-state index is 0.335. The van der Waals surface area contributed by atoms with E-state index < -0.39 is 0 Å². The Labute approximate surface area is 113 Å². The molecule has 0 spiro atoms. The van der Waals surface area contributed by atoms with Gasteiger partial charge in [0, 0.05) is 24.3 Å². The molecule has 1 saturated heterocycles. The van der Waals surface area contributed by atoms with Gasteiger partial charge in [-0.3, -0.25) is 4.79 Å². The van der Waals surface area contributed by atoms with Gasteiger partial charge in [-0.15, -0.1) is 0 Å². The smallest absolute Gasteiger partial charge is 0.152 e. The SMILES string of the molecule is O=Cc1cc(F)ccc1N1CCC2CCCCC2C1. The number of piperidine rings is 1. The van der Waals surface area contributed by atoms with Gasteiger partial charge in [0.15, 0.2) is 6.29 Å². The molecule has 2 aliphatic rings. The molecule has 0 aromatic heterocycles. The van der Waals surface area contributed by atoms with E-state index in [1.807, 2.05) is 0 Å². The molecule has 0 radical (unpaired) electrons. The molecule has 1 heterocycles. The van der Waals surface area contributed by atoms with Crippen LogP contribution in [0.2, 0.25) is 0 Å². The summed E-state index contributed by atoms with van der Waals surface area (Å²) in [7, 11) is 0. The summed E-state index contributed by atoms with van der Waals surface area (Å²) in [5.74, 6) is 1.29. The number of nitrogens with zero attached hydrogens (tertiary/aromatic N) is 1. The van der Waals surface area contributed by atoms with E-state index in [-0.39, 0.29) is 5.82 Å². The minimum Gasteiger partial charge on any atom is -0.371 e. The number of rotatable bonds is 2. The number of halogens is 1. The van der Waals surface area contributed by atoms with Gasteiger partial charge in [0.25, 0.3) is 0 Å². The van der Waals surface area contributed by atoms with Crippen molar-refractivity contribution in [1.29, 1.82) is 0 Å². The summed E-state index contributed by atoms with van der Waals surface area (Å²) in [6, 6.07) is 4.55. The zero-order valence-electron chi connectivity index (χ0n) is 11.1. The lowest BCUT2D eigenvalue weighted by atomic mass is 9.75. The molecule has 102 valence electrons. The maximum absolute atomic E-state index is 13.2. The Morgan fingerprint density at radius 1 is 1.16 bits per heavy atom. The van der Waals surface area contributed by atoms with E-state index in [2.05, 4.69) is 4.90 Å². The van der Waals surface area contributed by atoms with Gasteiger partial charge in [-0.2, -0.15) is 0 Å². The average molecular weight is 261 g/mol. The van der Waals surface area contributed by atoms with Crippen molar-refractivity contribution >= 4 is 12.0 Å². The number of carbonyl (C=O) groups excluding carboxylic acids is 1. The van der Waals surface area contributed by atoms with E-state index in [4.69, 9.17) is 0 Å². The fourth-order valence-electron chi connectivity index (χ4n) is 3.73. The number of hydrogen-bond acceptors (Lipinski definition) is 2. The van der Waals surface area contributed by atoms with Crippen LogP contribution >= 0.6 is 0 Å². The average Bonchev–Trinajstić information content (AvgIpc) is 2.46. The third kappa shape index (κ3) is 2.51. The second-order valence-electron chi connectivity index (χ2n) is 5.86. The molecule has 2 unspecified atom stereocenters. The summed E-state index contributed by atoms with van der Waals surface area (Å²) in [6.07, 6.45) is 7.35. The van der Waals surface area contributed by atoms with Crippen LogP contribution in [0.4, 0.5) is 10.1 Å². The van der Waals surface area contributed by atoms with Crippen LogP contribution in [0.15, 0.2) is 18.2 Å². The summed E-state index contributed by atoms with van der Waals surface area (Å²) in [5, 5.41) is 0. The Hall–Kier alpha value is -1.38. The topological polar surface area (TPSA) is 20.3 Å². The fraction of sp³-hybridized carbons (Fsp3) is 0.562. The first-order chi connectivity index (χ1) is 9.28. The summed E-state index contributed by atoms with van der Waals surface area (Å²) in [4.78, 5) is 13.4. The maximum Gasteiger partial charge on any atom is 0.152 e. The summed E-state index contributed by atoms with van der Waals surface area (Å²) < 4.78 is 13.2. The molecule has 1 aromatic carbocycles. The molecule has 1 aliphatic carbocycles. The van der Waals surface area contributed by atoms with Gasteiger partial charge >= 0.3 is 0 Å². The highest BCUT2D eigenvalue weighted by atomic mass is 19.1. The predicted octanol–water partition coefficient (Wildman–Crippen LogP) is 3.65. The fourth-order valence-corrected chi connectivity index (χ4v) is 3.73. The second-order valence-corrected chi connectivity index (χ2v) is 5.86. The van der Waals surface area contributed by atoms with E-state index in [9.17, 15) is 9.18 Å². The maximum atomic E-state index is 13.2. The van der Waals surface area contributed by atoms with E-state index >= 15 is 0 Å². The van der Waals surface area contributed by atoms with Gasteiger partial charge in [0.2, 0.25) is 0 Å². The lowest BCUT2D eigenvalue weighted by Gasteiger charge is -2.42. The van der Waals surface area contributed by atoms with Crippen molar-refractivity contribution < 1.29 is 9.18 Å². The van der Waals surface area contributed by atoms with Crippen molar-refractivity contribution in [1.82, 2.24) is 0 Å². The first-order valence-electron chi connectivity index (χ1n) is 7.27. The molecule has 2 nitrogen and oxygen atoms in total. The lowest BCUT2D eigenvalue weighted by molar-refractivity contribution is 0.112. The highest BCUT2D eigenvalue weighted by molar-refractivity contribution is 5.84. The van der Waals surface area contributed by atoms with E-state index in [0.717, 1.165) is 36.9 Å². The van der Waals surface area contributed by atoms with Crippen molar-refractivity contribution in [2.75, 3.05) is 18.0 Å². The molecular formula is C16H20FNO. The monoisotopic (exact) mass is 261 g/mol. The Morgan fingerprint density at radius 2 is 1.95 bits per heavy atom. The number of aldehydes is 1. The molecule has 19 heavy (non-hydrogen) atoms. The van der Waals surface area contributed by atoms with Crippen molar-refractivity contribution in [3.05, 3.63) is 29.6 Å². The summed E-state index contributed by atoms with van der Waals surface area (Å²) in [5.41, 5.74) is 1.38. The molecule has 3 heteroatoms. The van der Waals surface area contributed by atoms with Crippen LogP contribution in [0.25, 0.3) is 0 Å². The van der Waals surface area contributed by atoms with Gasteiger partial charge in [-0.1, -0.05) is 19.3 Å². The molecule has 0 bridgehead atoms. The first-order valence-corrected chi connectivity index (χ1v) is 7.27. The first kappa shape index (κ1) is 12.6. The van der Waals surface area contributed by atoms with E-state index in [0.29, 0.717) is 5.56 Å². The third-order valence-electron chi connectivity index (χ3n) is 4.75. The van der Waals surface area contributed by atoms with Gasteiger partial charge in [0.1, 0.15) is 5.82 Å². The Kier molecular flexibility index (Phi) is 3.54. The van der Waals surface area contributed by atoms with Crippen LogP contribution in [0.3, 0.4) is 0 Å². The van der Waals surface area contributed by atoms with Crippen LogP contribution in [-0.4, -0.2) is 19.4 Å². The number of benzene rings is 1. The second kappa shape index (κ2) is 5.32. The predicted molar refractivity (Wildman–Crippen MR) is 74.1 cm³/mol. The lowest BCUT2D eigenvalue weighted by Crippen LogP contribution is -2.42. The molecule has 1 aromatic rings. The molecule has 2 fully saturated rings. The number of anilines is 1. The van der Waals surface area contributed by atoms with Gasteiger partial charge in [-0.25, -0.2) is 4.39 Å². The normalized spacial score (nSPS) is 26.9. The van der Waals surface area contributed by atoms with Crippen LogP contribution < -0.4 is 4.90 Å². The Bertz CT molecular complexity index is 474. The van der Waals surface area contributed by atoms with Gasteiger partial charge in [-0.05, 0) is 42.9 Å². The quantitative estimate of drug-likeness (QED) is 0.757. The Balaban J connectivity index is 1.81. The standard InChI is InChI=1S/C16H20FNO/c17-15-5-6-16(14(9-15)11-19)18-8-7-12-3-1-2-4-13(12)10-18/h5-6,9,11-13H,1-4,7-8,10H2. The highest BCUT2D eigenvalue weighted by Gasteiger charge is 2.31. The van der Waals surface area contributed by atoms with Crippen molar-refractivity contribution in [2.24, 2.45) is 11.8 Å². The third-order valence-corrected chi connectivity index (χ3v) is 4.75. The molecule has 0 amide bonds. The summed E-state index contributed by atoms with van der Waals surface area (Å²) in [6.45, 7) is 2.02. The molecule has 2 atom stereocenters. The van der Waals surface area contributed by atoms with Crippen LogP contribution in [0, 0.1) is 17.7 Å². The number of fused-ring (bicyclic) bond motifs is 1. The largest absolute Gasteiger partial charge is 0.371 e. The highest BCUT2D eigenvalue weighted by Crippen LogP contribution is 2.38. The molecule has 1 aliphatic heterocycles. The molecule has 3 rings (SSSR count). The zero-order valence-corrected chi connectivity index (χ0v) is 11.1. The number of carbonyl (C=O) groups is 1. The molecule has 1 saturated carbocycles. The minimum atomic E-state index is -0.335. The van der Waals surface area contributed by atoms with Gasteiger partial charge in [0.05, 0.1) is 0 Å². The van der Waals surface area contributed by atoms with Crippen LogP contribution in [0.5, 0.6) is 0 Å².